The number of carbonyl (C=O) groups is 3. The lowest BCUT2D eigenvalue weighted by Gasteiger charge is -2.20. The second-order valence-electron chi connectivity index (χ2n) is 16.9. The van der Waals surface area contributed by atoms with Crippen LogP contribution in [0.4, 0.5) is 0 Å². The summed E-state index contributed by atoms with van der Waals surface area (Å²) in [5.74, 6) is -2.69. The maximum Gasteiger partial charge on any atom is 0.472 e. The third-order valence-corrected chi connectivity index (χ3v) is 11.7. The first-order chi connectivity index (χ1) is 30.9. The molecule has 0 aliphatic carbocycles. The summed E-state index contributed by atoms with van der Waals surface area (Å²) in [6.45, 7) is 2.42. The molecule has 372 valence electrons. The van der Waals surface area contributed by atoms with E-state index in [1.54, 1.807) is 6.08 Å². The number of aliphatic hydroxyl groups excluding tert-OH is 2. The SMILES string of the molecule is CC/C=C\C/C=C\C/C=C\C/C=C\C[C@H](O)[C@@H](O)CCCC(=O)OC[C@H](COP(=O)(O)OC[C@H](N)C(=O)O)OC(=O)CCCCCCCCCCCCCCCCCCCCCCC. The zero-order chi connectivity index (χ0) is 47.4. The fraction of sp³-hybridized carbons (Fsp3) is 0.780. The standard InChI is InChI=1S/C50H90NO12P/c1-3-5-7-9-11-13-15-17-18-19-20-21-22-23-24-25-27-29-31-33-35-39-49(55)63-44(42-61-64(58,59)62-43-45(51)50(56)57)41-60-48(54)40-36-38-47(53)46(52)37-34-32-30-28-26-16-14-12-10-8-6-4-2/h6,8,12,14,26,28,32,34,44-47,52-53H,3-5,7,9-11,13,15-25,27,29-31,33,35-43,51H2,1-2H3,(H,56,57)(H,58,59)/b8-6-,14-12-,28-26-,34-32-/t44-,45+,46+,47+/m1/s1. The van der Waals surface area contributed by atoms with Crippen LogP contribution in [0.15, 0.2) is 48.6 Å². The van der Waals surface area contributed by atoms with Crippen molar-refractivity contribution in [1.29, 1.82) is 0 Å². The molecule has 0 aromatic heterocycles. The van der Waals surface area contributed by atoms with Crippen LogP contribution in [0.3, 0.4) is 0 Å². The molecule has 0 fully saturated rings. The van der Waals surface area contributed by atoms with Gasteiger partial charge in [0.1, 0.15) is 12.6 Å². The summed E-state index contributed by atoms with van der Waals surface area (Å²) in [6, 6.07) is -1.56. The Morgan fingerprint density at radius 1 is 0.547 bits per heavy atom. The van der Waals surface area contributed by atoms with Crippen LogP contribution in [0.1, 0.15) is 206 Å². The van der Waals surface area contributed by atoms with E-state index in [4.69, 9.17) is 24.8 Å². The van der Waals surface area contributed by atoms with Gasteiger partial charge in [-0.1, -0.05) is 191 Å². The van der Waals surface area contributed by atoms with Gasteiger partial charge in [0.05, 0.1) is 25.4 Å². The number of hydrogen-bond donors (Lipinski definition) is 5. The fourth-order valence-corrected chi connectivity index (χ4v) is 7.58. The number of carboxylic acid groups (broad SMARTS) is 1. The van der Waals surface area contributed by atoms with Crippen LogP contribution >= 0.6 is 7.82 Å². The molecule has 13 nitrogen and oxygen atoms in total. The number of aliphatic carboxylic acids is 1. The molecule has 0 aromatic rings. The van der Waals surface area contributed by atoms with Crippen molar-refractivity contribution in [2.24, 2.45) is 5.73 Å². The van der Waals surface area contributed by atoms with Crippen molar-refractivity contribution in [3.8, 4) is 0 Å². The van der Waals surface area contributed by atoms with E-state index in [9.17, 15) is 34.1 Å². The molecule has 0 rings (SSSR count). The average Bonchev–Trinajstić information content (AvgIpc) is 3.27. The highest BCUT2D eigenvalue weighted by molar-refractivity contribution is 7.47. The van der Waals surface area contributed by atoms with Gasteiger partial charge in [0.25, 0.3) is 0 Å². The summed E-state index contributed by atoms with van der Waals surface area (Å²) in [7, 11) is -4.79. The molecule has 6 N–H and O–H groups in total. The van der Waals surface area contributed by atoms with E-state index < -0.39 is 69.9 Å². The number of carboxylic acids is 1. The molecule has 0 aliphatic rings. The number of hydrogen-bond acceptors (Lipinski definition) is 11. The smallest absolute Gasteiger partial charge is 0.472 e. The lowest BCUT2D eigenvalue weighted by atomic mass is 10.0. The summed E-state index contributed by atoms with van der Waals surface area (Å²) >= 11 is 0. The Labute approximate surface area is 387 Å². The topological polar surface area (TPSA) is 212 Å². The number of esters is 2. The van der Waals surface area contributed by atoms with E-state index >= 15 is 0 Å². The quantitative estimate of drug-likeness (QED) is 0.0167. The Balaban J connectivity index is 4.45. The number of unbranched alkanes of at least 4 members (excludes halogenated alkanes) is 20. The highest BCUT2D eigenvalue weighted by Crippen LogP contribution is 2.43. The predicted octanol–water partition coefficient (Wildman–Crippen LogP) is 11.7. The molecule has 1 unspecified atom stereocenters. The number of aliphatic hydroxyl groups is 2. The lowest BCUT2D eigenvalue weighted by molar-refractivity contribution is -0.161. The first kappa shape index (κ1) is 61.4. The first-order valence-corrected chi connectivity index (χ1v) is 26.3. The molecule has 0 aliphatic heterocycles. The van der Waals surface area contributed by atoms with Crippen LogP contribution in [0.2, 0.25) is 0 Å². The molecule has 5 atom stereocenters. The number of ether oxygens (including phenoxy) is 2. The van der Waals surface area contributed by atoms with Gasteiger partial charge in [-0.15, -0.1) is 0 Å². The maximum atomic E-state index is 12.7. The highest BCUT2D eigenvalue weighted by atomic mass is 31.2. The summed E-state index contributed by atoms with van der Waals surface area (Å²) < 4.78 is 32.6. The third kappa shape index (κ3) is 42.0. The van der Waals surface area contributed by atoms with E-state index in [-0.39, 0.29) is 32.1 Å². The van der Waals surface area contributed by atoms with Crippen molar-refractivity contribution in [1.82, 2.24) is 0 Å². The van der Waals surface area contributed by atoms with Gasteiger partial charge in [-0.3, -0.25) is 23.4 Å². The Morgan fingerprint density at radius 3 is 1.44 bits per heavy atom. The van der Waals surface area contributed by atoms with Gasteiger partial charge in [-0.05, 0) is 51.4 Å². The maximum absolute atomic E-state index is 12.7. The Kier molecular flexibility index (Phi) is 42.4. The van der Waals surface area contributed by atoms with E-state index in [0.717, 1.165) is 38.5 Å². The summed E-state index contributed by atoms with van der Waals surface area (Å²) in [4.78, 5) is 46.2. The average molecular weight is 928 g/mol. The zero-order valence-electron chi connectivity index (χ0n) is 39.8. The molecule has 0 heterocycles. The molecule has 0 amide bonds. The van der Waals surface area contributed by atoms with Crippen molar-refractivity contribution in [3.05, 3.63) is 48.6 Å². The van der Waals surface area contributed by atoms with Crippen LogP contribution in [0.25, 0.3) is 0 Å². The van der Waals surface area contributed by atoms with Crippen molar-refractivity contribution >= 4 is 25.7 Å². The molecule has 0 radical (unpaired) electrons. The number of carbonyl (C=O) groups excluding carboxylic acids is 2. The number of rotatable bonds is 46. The lowest BCUT2D eigenvalue weighted by Crippen LogP contribution is -2.34. The number of phosphoric ester groups is 1. The Bertz CT molecular complexity index is 1310. The van der Waals surface area contributed by atoms with E-state index in [2.05, 4.69) is 48.8 Å². The van der Waals surface area contributed by atoms with Crippen LogP contribution in [-0.2, 0) is 37.5 Å². The largest absolute Gasteiger partial charge is 0.480 e. The first-order valence-electron chi connectivity index (χ1n) is 24.8. The van der Waals surface area contributed by atoms with Gasteiger partial charge in [-0.2, -0.15) is 0 Å². The van der Waals surface area contributed by atoms with Crippen LogP contribution in [0, 0.1) is 0 Å². The van der Waals surface area contributed by atoms with Crippen molar-refractivity contribution in [2.45, 2.75) is 231 Å². The number of allylic oxidation sites excluding steroid dienone is 7. The second kappa shape index (κ2) is 44.2. The Morgan fingerprint density at radius 2 is 0.969 bits per heavy atom. The summed E-state index contributed by atoms with van der Waals surface area (Å²) in [5.41, 5.74) is 5.33. The van der Waals surface area contributed by atoms with Crippen LogP contribution < -0.4 is 5.73 Å². The molecule has 64 heavy (non-hydrogen) atoms. The Hall–Kier alpha value is -2.64. The zero-order valence-corrected chi connectivity index (χ0v) is 40.7. The van der Waals surface area contributed by atoms with Crippen molar-refractivity contribution in [3.63, 3.8) is 0 Å². The number of nitrogens with two attached hydrogens (primary N) is 1. The minimum absolute atomic E-state index is 0.0939. The molecular weight excluding hydrogens is 838 g/mol. The van der Waals surface area contributed by atoms with Gasteiger partial charge < -0.3 is 35.4 Å². The van der Waals surface area contributed by atoms with Gasteiger partial charge in [0.2, 0.25) is 0 Å². The van der Waals surface area contributed by atoms with Crippen molar-refractivity contribution < 1.29 is 57.7 Å². The molecule has 14 heteroatoms. The molecule has 0 saturated heterocycles. The molecular formula is C50H90NO12P. The molecule has 0 saturated carbocycles. The van der Waals surface area contributed by atoms with Crippen LogP contribution in [-0.4, -0.2) is 82.3 Å². The van der Waals surface area contributed by atoms with E-state index in [1.165, 1.54) is 109 Å². The third-order valence-electron chi connectivity index (χ3n) is 10.8. The van der Waals surface area contributed by atoms with Crippen molar-refractivity contribution in [2.75, 3.05) is 19.8 Å². The van der Waals surface area contributed by atoms with E-state index in [1.807, 2.05) is 12.2 Å². The van der Waals surface area contributed by atoms with Gasteiger partial charge in [0.15, 0.2) is 6.10 Å². The fourth-order valence-electron chi connectivity index (χ4n) is 6.80. The normalized spacial score (nSPS) is 15.0. The minimum Gasteiger partial charge on any atom is -0.480 e. The summed E-state index contributed by atoms with van der Waals surface area (Å²) in [5, 5.41) is 29.6. The minimum atomic E-state index is -4.79. The van der Waals surface area contributed by atoms with E-state index in [0.29, 0.717) is 12.8 Å². The van der Waals surface area contributed by atoms with Gasteiger partial charge in [-0.25, -0.2) is 4.57 Å². The van der Waals surface area contributed by atoms with Crippen LogP contribution in [0.5, 0.6) is 0 Å². The molecule has 0 aromatic carbocycles. The monoisotopic (exact) mass is 928 g/mol. The molecule has 0 bridgehead atoms. The van der Waals surface area contributed by atoms with Gasteiger partial charge >= 0.3 is 25.7 Å². The number of phosphoric acid groups is 1. The highest BCUT2D eigenvalue weighted by Gasteiger charge is 2.28. The van der Waals surface area contributed by atoms with Gasteiger partial charge in [0, 0.05) is 12.8 Å². The summed E-state index contributed by atoms with van der Waals surface area (Å²) in [6.07, 6.45) is 43.5. The predicted molar refractivity (Wildman–Crippen MR) is 257 cm³/mol. The molecule has 0 spiro atoms. The second-order valence-corrected chi connectivity index (χ2v) is 18.3.